The highest BCUT2D eigenvalue weighted by molar-refractivity contribution is 5.56. The Kier molecular flexibility index (Phi) is 2.60. The van der Waals surface area contributed by atoms with Crippen LogP contribution in [0.15, 0.2) is 18.2 Å². The molecule has 0 amide bonds. The Bertz CT molecular complexity index is 368. The molecule has 0 unspecified atom stereocenters. The topological polar surface area (TPSA) is 49.8 Å². The fourth-order valence-corrected chi connectivity index (χ4v) is 0.834. The molecule has 4 heteroatoms. The molecule has 1 aromatic rings. The molecule has 0 radical (unpaired) electrons. The van der Waals surface area contributed by atoms with Gasteiger partial charge in [-0.15, -0.1) is 0 Å². The molecule has 0 aromatic heterocycles. The maximum atomic E-state index is 12.8. The normalized spacial score (nSPS) is 10.2. The predicted octanol–water partition coefficient (Wildman–Crippen LogP) is 2.08. The van der Waals surface area contributed by atoms with Gasteiger partial charge in [-0.3, -0.25) is 0 Å². The Hall–Kier alpha value is -1.89. The van der Waals surface area contributed by atoms with Crippen LogP contribution in [0.1, 0.15) is 5.56 Å². The van der Waals surface area contributed by atoms with Gasteiger partial charge in [-0.2, -0.15) is 5.26 Å². The highest BCUT2D eigenvalue weighted by Gasteiger charge is 2.05. The first kappa shape index (κ1) is 9.20. The first-order valence-corrected chi connectivity index (χ1v) is 3.46. The van der Waals surface area contributed by atoms with E-state index in [9.17, 15) is 8.78 Å². The van der Waals surface area contributed by atoms with Crippen molar-refractivity contribution in [3.63, 3.8) is 0 Å². The predicted molar refractivity (Wildman–Crippen MR) is 45.4 cm³/mol. The highest BCUT2D eigenvalue weighted by Crippen LogP contribution is 2.17. The van der Waals surface area contributed by atoms with E-state index < -0.39 is 17.3 Å². The fourth-order valence-electron chi connectivity index (χ4n) is 0.834. The number of anilines is 1. The second-order valence-corrected chi connectivity index (χ2v) is 2.36. The SMILES string of the molecule is N#CC=Cc1cc(F)c(N)c(F)c1. The Morgan fingerprint density at radius 3 is 2.31 bits per heavy atom. The Balaban J connectivity index is 3.15. The minimum atomic E-state index is -0.822. The van der Waals surface area contributed by atoms with Crippen LogP contribution in [-0.4, -0.2) is 0 Å². The van der Waals surface area contributed by atoms with E-state index >= 15 is 0 Å². The lowest BCUT2D eigenvalue weighted by Crippen LogP contribution is -1.95. The summed E-state index contributed by atoms with van der Waals surface area (Å²) in [4.78, 5) is 0. The van der Waals surface area contributed by atoms with Gasteiger partial charge in [0.1, 0.15) is 17.3 Å². The zero-order valence-electron chi connectivity index (χ0n) is 6.59. The van der Waals surface area contributed by atoms with Gasteiger partial charge in [-0.05, 0) is 23.8 Å². The molecule has 0 heterocycles. The minimum Gasteiger partial charge on any atom is -0.394 e. The van der Waals surface area contributed by atoms with Crippen LogP contribution in [0.3, 0.4) is 0 Å². The molecule has 0 aliphatic carbocycles. The van der Waals surface area contributed by atoms with E-state index in [1.165, 1.54) is 6.08 Å². The van der Waals surface area contributed by atoms with Gasteiger partial charge in [-0.25, -0.2) is 8.78 Å². The molecule has 0 fully saturated rings. The monoisotopic (exact) mass is 180 g/mol. The molecule has 0 bridgehead atoms. The van der Waals surface area contributed by atoms with E-state index in [-0.39, 0.29) is 5.56 Å². The number of halogens is 2. The smallest absolute Gasteiger partial charge is 0.149 e. The summed E-state index contributed by atoms with van der Waals surface area (Å²) >= 11 is 0. The summed E-state index contributed by atoms with van der Waals surface area (Å²) < 4.78 is 25.6. The number of hydrogen-bond donors (Lipinski definition) is 1. The summed E-state index contributed by atoms with van der Waals surface area (Å²) in [6.07, 6.45) is 2.43. The van der Waals surface area contributed by atoms with Crippen LogP contribution in [0, 0.1) is 23.0 Å². The number of nitrogens with zero attached hydrogens (tertiary/aromatic N) is 1. The molecule has 1 aromatic carbocycles. The largest absolute Gasteiger partial charge is 0.394 e. The molecule has 1 rings (SSSR count). The number of nitrogen functional groups attached to an aromatic ring is 1. The van der Waals surface area contributed by atoms with Crippen molar-refractivity contribution in [1.82, 2.24) is 0 Å². The van der Waals surface area contributed by atoms with Gasteiger partial charge in [-0.1, -0.05) is 0 Å². The Morgan fingerprint density at radius 2 is 1.85 bits per heavy atom. The third kappa shape index (κ3) is 2.03. The average Bonchev–Trinajstić information content (AvgIpc) is 2.10. The van der Waals surface area contributed by atoms with Gasteiger partial charge in [0.15, 0.2) is 0 Å². The fraction of sp³-hybridized carbons (Fsp3) is 0. The lowest BCUT2D eigenvalue weighted by Gasteiger charge is -1.99. The van der Waals surface area contributed by atoms with Crippen LogP contribution in [0.4, 0.5) is 14.5 Å². The number of nitrogens with two attached hydrogens (primary N) is 1. The molecular weight excluding hydrogens is 174 g/mol. The van der Waals surface area contributed by atoms with Gasteiger partial charge in [0, 0.05) is 6.08 Å². The van der Waals surface area contributed by atoms with Crippen LogP contribution in [-0.2, 0) is 0 Å². The first-order valence-electron chi connectivity index (χ1n) is 3.46. The first-order chi connectivity index (χ1) is 6.15. The van der Waals surface area contributed by atoms with E-state index in [4.69, 9.17) is 11.0 Å². The van der Waals surface area contributed by atoms with Crippen molar-refractivity contribution in [1.29, 1.82) is 5.26 Å². The Morgan fingerprint density at radius 1 is 1.31 bits per heavy atom. The van der Waals surface area contributed by atoms with Crippen LogP contribution in [0.25, 0.3) is 6.08 Å². The zero-order chi connectivity index (χ0) is 9.84. The van der Waals surface area contributed by atoms with E-state index in [2.05, 4.69) is 0 Å². The molecule has 2 nitrogen and oxygen atoms in total. The molecule has 0 aliphatic rings. The van der Waals surface area contributed by atoms with Crippen LogP contribution >= 0.6 is 0 Å². The molecule has 13 heavy (non-hydrogen) atoms. The lowest BCUT2D eigenvalue weighted by atomic mass is 10.2. The number of allylic oxidation sites excluding steroid dienone is 1. The maximum absolute atomic E-state index is 12.8. The van der Waals surface area contributed by atoms with Gasteiger partial charge in [0.25, 0.3) is 0 Å². The molecule has 0 saturated carbocycles. The molecule has 66 valence electrons. The highest BCUT2D eigenvalue weighted by atomic mass is 19.1. The van der Waals surface area contributed by atoms with E-state index in [0.717, 1.165) is 18.2 Å². The van der Waals surface area contributed by atoms with E-state index in [1.54, 1.807) is 6.07 Å². The third-order valence-corrected chi connectivity index (χ3v) is 1.45. The van der Waals surface area contributed by atoms with Crippen molar-refractivity contribution in [2.24, 2.45) is 0 Å². The van der Waals surface area contributed by atoms with Crippen molar-refractivity contribution in [3.05, 3.63) is 35.4 Å². The van der Waals surface area contributed by atoms with E-state index in [0.29, 0.717) is 0 Å². The van der Waals surface area contributed by atoms with Crippen molar-refractivity contribution < 1.29 is 8.78 Å². The third-order valence-electron chi connectivity index (χ3n) is 1.45. The summed E-state index contributed by atoms with van der Waals surface area (Å²) in [6.45, 7) is 0. The quantitative estimate of drug-likeness (QED) is 0.531. The molecule has 0 saturated heterocycles. The van der Waals surface area contributed by atoms with Gasteiger partial charge < -0.3 is 5.73 Å². The number of benzene rings is 1. The van der Waals surface area contributed by atoms with Crippen LogP contribution in [0.5, 0.6) is 0 Å². The summed E-state index contributed by atoms with van der Waals surface area (Å²) in [5.74, 6) is -1.64. The van der Waals surface area contributed by atoms with Crippen molar-refractivity contribution in [3.8, 4) is 6.07 Å². The van der Waals surface area contributed by atoms with E-state index in [1.807, 2.05) is 0 Å². The van der Waals surface area contributed by atoms with Crippen LogP contribution < -0.4 is 5.73 Å². The second-order valence-electron chi connectivity index (χ2n) is 2.36. The summed E-state index contributed by atoms with van der Waals surface area (Å²) in [7, 11) is 0. The molecular formula is C9H6F2N2. The molecule has 0 atom stereocenters. The van der Waals surface area contributed by atoms with Gasteiger partial charge in [0.05, 0.1) is 6.07 Å². The molecule has 0 aliphatic heterocycles. The standard InChI is InChI=1S/C9H6F2N2/c10-7-4-6(2-1-3-12)5-8(11)9(7)13/h1-2,4-5H,13H2. The summed E-state index contributed by atoms with van der Waals surface area (Å²) in [6, 6.07) is 3.84. The minimum absolute atomic E-state index is 0.269. The number of hydrogen-bond acceptors (Lipinski definition) is 2. The second kappa shape index (κ2) is 3.68. The van der Waals surface area contributed by atoms with Crippen molar-refractivity contribution in [2.45, 2.75) is 0 Å². The van der Waals surface area contributed by atoms with Crippen molar-refractivity contribution >= 4 is 11.8 Å². The lowest BCUT2D eigenvalue weighted by molar-refractivity contribution is 0.591. The average molecular weight is 180 g/mol. The maximum Gasteiger partial charge on any atom is 0.149 e. The zero-order valence-corrected chi connectivity index (χ0v) is 6.59. The van der Waals surface area contributed by atoms with Gasteiger partial charge in [0.2, 0.25) is 0 Å². The number of nitriles is 1. The summed E-state index contributed by atoms with van der Waals surface area (Å²) in [5, 5.41) is 8.17. The van der Waals surface area contributed by atoms with Gasteiger partial charge >= 0.3 is 0 Å². The molecule has 0 spiro atoms. The summed E-state index contributed by atoms with van der Waals surface area (Å²) in [5.41, 5.74) is 4.80. The van der Waals surface area contributed by atoms with Crippen molar-refractivity contribution in [2.75, 3.05) is 5.73 Å². The Labute approximate surface area is 73.9 Å². The van der Waals surface area contributed by atoms with Crippen LogP contribution in [0.2, 0.25) is 0 Å². The number of rotatable bonds is 1. The molecule has 2 N–H and O–H groups in total.